The van der Waals surface area contributed by atoms with Crippen molar-refractivity contribution in [2.24, 2.45) is 0 Å². The van der Waals surface area contributed by atoms with E-state index in [2.05, 4.69) is 10.2 Å². The summed E-state index contributed by atoms with van der Waals surface area (Å²) in [6.07, 6.45) is 2.37. The second kappa shape index (κ2) is 8.54. The molecule has 3 rings (SSSR count). The third-order valence-electron chi connectivity index (χ3n) is 5.54. The van der Waals surface area contributed by atoms with Crippen molar-refractivity contribution in [1.29, 1.82) is 5.41 Å². The van der Waals surface area contributed by atoms with Crippen LogP contribution in [-0.4, -0.2) is 55.0 Å². The molecule has 1 aromatic rings. The summed E-state index contributed by atoms with van der Waals surface area (Å²) >= 11 is 0. The number of amides is 1. The number of hydrogen-bond acceptors (Lipinski definition) is 5. The fraction of sp³-hybridized carbons (Fsp3) is 0.476. The predicted molar refractivity (Wildman–Crippen MR) is 107 cm³/mol. The first kappa shape index (κ1) is 20.0. The van der Waals surface area contributed by atoms with Gasteiger partial charge in [-0.05, 0) is 43.9 Å². The van der Waals surface area contributed by atoms with Crippen LogP contribution >= 0.6 is 0 Å². The summed E-state index contributed by atoms with van der Waals surface area (Å²) in [5.41, 5.74) is 3.16. The number of anilines is 1. The Morgan fingerprint density at radius 3 is 2.57 bits per heavy atom. The van der Waals surface area contributed by atoms with E-state index < -0.39 is 0 Å². The largest absolute Gasteiger partial charge is 0.379 e. The molecule has 0 unspecified atom stereocenters. The molecule has 1 saturated heterocycles. The van der Waals surface area contributed by atoms with E-state index in [4.69, 9.17) is 5.41 Å². The lowest BCUT2D eigenvalue weighted by molar-refractivity contribution is -0.130. The smallest absolute Gasteiger partial charge is 0.241 e. The van der Waals surface area contributed by atoms with Crippen LogP contribution in [0.25, 0.3) is 0 Å². The first-order valence-corrected chi connectivity index (χ1v) is 9.72. The number of halogens is 1. The van der Waals surface area contributed by atoms with Gasteiger partial charge in [0.1, 0.15) is 11.5 Å². The van der Waals surface area contributed by atoms with Crippen LogP contribution in [0.5, 0.6) is 0 Å². The van der Waals surface area contributed by atoms with Gasteiger partial charge in [0, 0.05) is 50.1 Å². The summed E-state index contributed by atoms with van der Waals surface area (Å²) in [5.74, 6) is -0.452. The van der Waals surface area contributed by atoms with Gasteiger partial charge in [-0.1, -0.05) is 6.07 Å². The second-order valence-corrected chi connectivity index (χ2v) is 7.35. The highest BCUT2D eigenvalue weighted by Gasteiger charge is 2.24. The minimum Gasteiger partial charge on any atom is -0.379 e. The molecule has 2 aliphatic rings. The molecular weight excluding hydrogens is 359 g/mol. The Balaban J connectivity index is 1.54. The van der Waals surface area contributed by atoms with Gasteiger partial charge in [0.15, 0.2) is 5.78 Å². The molecule has 150 valence electrons. The molecule has 1 aliphatic heterocycles. The summed E-state index contributed by atoms with van der Waals surface area (Å²) in [4.78, 5) is 28.0. The predicted octanol–water partition coefficient (Wildman–Crippen LogP) is 2.42. The number of nitrogens with zero attached hydrogens (tertiary/aromatic N) is 2. The van der Waals surface area contributed by atoms with Crippen LogP contribution in [0.4, 0.5) is 10.1 Å². The maximum absolute atomic E-state index is 13.8. The number of allylic oxidation sites excluding steroid dienone is 2. The van der Waals surface area contributed by atoms with Gasteiger partial charge in [-0.2, -0.15) is 0 Å². The van der Waals surface area contributed by atoms with Crippen molar-refractivity contribution >= 4 is 23.1 Å². The van der Waals surface area contributed by atoms with Crippen molar-refractivity contribution in [1.82, 2.24) is 10.2 Å². The molecule has 1 aliphatic carbocycles. The third-order valence-corrected chi connectivity index (χ3v) is 5.54. The normalized spacial score (nSPS) is 17.1. The fourth-order valence-corrected chi connectivity index (χ4v) is 3.86. The Kier molecular flexibility index (Phi) is 6.11. The van der Waals surface area contributed by atoms with Gasteiger partial charge in [0.05, 0.1) is 6.54 Å². The summed E-state index contributed by atoms with van der Waals surface area (Å²) < 4.78 is 13.8. The zero-order valence-electron chi connectivity index (χ0n) is 16.5. The second-order valence-electron chi connectivity index (χ2n) is 7.35. The van der Waals surface area contributed by atoms with Crippen LogP contribution in [-0.2, 0) is 9.59 Å². The molecule has 0 bridgehead atoms. The Bertz CT molecular complexity index is 826. The molecule has 1 aromatic carbocycles. The van der Waals surface area contributed by atoms with Crippen molar-refractivity contribution in [3.63, 3.8) is 0 Å². The first-order valence-electron chi connectivity index (χ1n) is 9.72. The Morgan fingerprint density at radius 1 is 1.18 bits per heavy atom. The zero-order chi connectivity index (χ0) is 20.3. The van der Waals surface area contributed by atoms with Gasteiger partial charge in [-0.3, -0.25) is 15.0 Å². The maximum Gasteiger partial charge on any atom is 0.241 e. The van der Waals surface area contributed by atoms with Gasteiger partial charge in [0.25, 0.3) is 0 Å². The van der Waals surface area contributed by atoms with E-state index in [9.17, 15) is 14.0 Å². The van der Waals surface area contributed by atoms with Crippen molar-refractivity contribution in [3.8, 4) is 0 Å². The molecule has 2 N–H and O–H groups in total. The lowest BCUT2D eigenvalue weighted by Gasteiger charge is -2.37. The van der Waals surface area contributed by atoms with E-state index in [1.54, 1.807) is 13.0 Å². The van der Waals surface area contributed by atoms with Crippen molar-refractivity contribution < 1.29 is 14.0 Å². The van der Waals surface area contributed by atoms with Crippen LogP contribution in [0.3, 0.4) is 0 Å². The van der Waals surface area contributed by atoms with Crippen LogP contribution < -0.4 is 10.2 Å². The third kappa shape index (κ3) is 4.24. The first-order chi connectivity index (χ1) is 13.4. The molecule has 1 fully saturated rings. The minimum absolute atomic E-state index is 0.00344. The highest BCUT2D eigenvalue weighted by Crippen LogP contribution is 2.25. The van der Waals surface area contributed by atoms with E-state index in [-0.39, 0.29) is 29.8 Å². The highest BCUT2D eigenvalue weighted by atomic mass is 19.1. The summed E-state index contributed by atoms with van der Waals surface area (Å²) in [7, 11) is 0. The monoisotopic (exact) mass is 386 g/mol. The molecule has 1 heterocycles. The fourth-order valence-electron chi connectivity index (χ4n) is 3.86. The highest BCUT2D eigenvalue weighted by molar-refractivity contribution is 6.44. The van der Waals surface area contributed by atoms with E-state index >= 15 is 0 Å². The Hall–Kier alpha value is -2.70. The van der Waals surface area contributed by atoms with E-state index in [1.165, 1.54) is 13.0 Å². The molecule has 0 aromatic heterocycles. The van der Waals surface area contributed by atoms with Gasteiger partial charge < -0.3 is 15.1 Å². The standard InChI is InChI=1S/C21H27FN4O2/c1-14-17(22)6-4-8-19(14)25-9-11-26(12-10-25)20(28)13-24-18-7-3-5-16(18)21(23)15(2)27/h4,6,8,23-24H,3,5,7,9-13H2,1-2H3. The number of piperazine rings is 1. The summed E-state index contributed by atoms with van der Waals surface area (Å²) in [5, 5.41) is 11.1. The van der Waals surface area contributed by atoms with E-state index in [0.29, 0.717) is 38.2 Å². The van der Waals surface area contributed by atoms with E-state index in [0.717, 1.165) is 29.8 Å². The zero-order valence-corrected chi connectivity index (χ0v) is 16.5. The van der Waals surface area contributed by atoms with Gasteiger partial charge >= 0.3 is 0 Å². The van der Waals surface area contributed by atoms with Gasteiger partial charge in [0.2, 0.25) is 5.91 Å². The maximum atomic E-state index is 13.8. The number of hydrogen-bond donors (Lipinski definition) is 2. The summed E-state index contributed by atoms with van der Waals surface area (Å²) in [6, 6.07) is 5.09. The SMILES string of the molecule is CC(=O)C(=N)C1=C(NCC(=O)N2CCN(c3cccc(F)c3C)CC2)CCC1. The van der Waals surface area contributed by atoms with Crippen molar-refractivity contribution in [3.05, 3.63) is 40.8 Å². The number of Topliss-reactive ketones (excluding diaryl/α,β-unsaturated/α-hetero) is 1. The number of carbonyl (C=O) groups is 2. The molecule has 6 nitrogen and oxygen atoms in total. The molecule has 0 saturated carbocycles. The molecule has 28 heavy (non-hydrogen) atoms. The van der Waals surface area contributed by atoms with Crippen molar-refractivity contribution in [2.75, 3.05) is 37.6 Å². The number of benzene rings is 1. The number of nitrogens with one attached hydrogen (secondary N) is 2. The van der Waals surface area contributed by atoms with Crippen LogP contribution in [0, 0.1) is 18.2 Å². The molecule has 1 amide bonds. The lowest BCUT2D eigenvalue weighted by Crippen LogP contribution is -2.51. The molecule has 0 radical (unpaired) electrons. The molecule has 0 atom stereocenters. The summed E-state index contributed by atoms with van der Waals surface area (Å²) in [6.45, 7) is 5.85. The quantitative estimate of drug-likeness (QED) is 0.736. The van der Waals surface area contributed by atoms with Gasteiger partial charge in [-0.15, -0.1) is 0 Å². The average Bonchev–Trinajstić information content (AvgIpc) is 3.16. The minimum atomic E-state index is -0.244. The van der Waals surface area contributed by atoms with Gasteiger partial charge in [-0.25, -0.2) is 4.39 Å². The number of ketones is 1. The molecule has 7 heteroatoms. The van der Waals surface area contributed by atoms with Crippen LogP contribution in [0.1, 0.15) is 31.7 Å². The van der Waals surface area contributed by atoms with Crippen molar-refractivity contribution in [2.45, 2.75) is 33.1 Å². The van der Waals surface area contributed by atoms with E-state index in [1.807, 2.05) is 11.0 Å². The van der Waals surface area contributed by atoms with Crippen LogP contribution in [0.15, 0.2) is 29.5 Å². The van der Waals surface area contributed by atoms with Crippen LogP contribution in [0.2, 0.25) is 0 Å². The topological polar surface area (TPSA) is 76.5 Å². The average molecular weight is 386 g/mol. The lowest BCUT2D eigenvalue weighted by atomic mass is 10.1. The molecule has 0 spiro atoms. The number of carbonyl (C=O) groups excluding carboxylic acids is 2. The molecular formula is C21H27FN4O2. The Morgan fingerprint density at radius 2 is 1.89 bits per heavy atom. The number of rotatable bonds is 6. The Labute approximate surface area is 164 Å².